The second-order valence-corrected chi connectivity index (χ2v) is 6.93. The van der Waals surface area contributed by atoms with E-state index in [4.69, 9.17) is 4.74 Å². The van der Waals surface area contributed by atoms with E-state index in [2.05, 4.69) is 12.6 Å². The van der Waals surface area contributed by atoms with Crippen molar-refractivity contribution in [3.63, 3.8) is 0 Å². The molecule has 0 aliphatic carbocycles. The minimum absolute atomic E-state index is 0.128. The molecule has 1 atom stereocenters. The largest absolute Gasteiger partial charge is 0.497 e. The summed E-state index contributed by atoms with van der Waals surface area (Å²) in [6.07, 6.45) is 1.79. The molecule has 0 aliphatic rings. The van der Waals surface area contributed by atoms with E-state index in [0.29, 0.717) is 22.9 Å². The van der Waals surface area contributed by atoms with Crippen molar-refractivity contribution in [3.05, 3.63) is 24.3 Å². The quantitative estimate of drug-likeness (QED) is 0.750. The van der Waals surface area contributed by atoms with E-state index in [-0.39, 0.29) is 6.04 Å². The van der Waals surface area contributed by atoms with Gasteiger partial charge in [-0.3, -0.25) is 0 Å². The van der Waals surface area contributed by atoms with Crippen LogP contribution < -0.4 is 4.74 Å². The molecule has 0 N–H and O–H groups in total. The average Bonchev–Trinajstić information content (AvgIpc) is 2.47. The third kappa shape index (κ3) is 4.14. The minimum atomic E-state index is -3.48. The van der Waals surface area contributed by atoms with E-state index >= 15 is 0 Å². The van der Waals surface area contributed by atoms with Gasteiger partial charge in [-0.1, -0.05) is 13.3 Å². The topological polar surface area (TPSA) is 46.6 Å². The lowest BCUT2D eigenvalue weighted by Crippen LogP contribution is -2.40. The molecule has 1 rings (SSSR count). The van der Waals surface area contributed by atoms with E-state index in [1.807, 2.05) is 13.8 Å². The number of rotatable bonds is 8. The standard InChI is InChI=1S/C14H23NO3S2/c1-4-5-10-15(12(2)11-19)20(16,17)14-8-6-13(18-3)7-9-14/h6-9,12,19H,4-5,10-11H2,1-3H3. The minimum Gasteiger partial charge on any atom is -0.497 e. The van der Waals surface area contributed by atoms with Crippen LogP contribution in [0.5, 0.6) is 5.75 Å². The lowest BCUT2D eigenvalue weighted by atomic mass is 10.3. The van der Waals surface area contributed by atoms with Gasteiger partial charge < -0.3 is 4.74 Å². The molecule has 20 heavy (non-hydrogen) atoms. The molecule has 0 bridgehead atoms. The molecule has 0 radical (unpaired) electrons. The van der Waals surface area contributed by atoms with Crippen LogP contribution in [0.2, 0.25) is 0 Å². The smallest absolute Gasteiger partial charge is 0.243 e. The predicted octanol–water partition coefficient (Wildman–Crippen LogP) is 2.80. The zero-order valence-electron chi connectivity index (χ0n) is 12.2. The van der Waals surface area contributed by atoms with Gasteiger partial charge in [-0.25, -0.2) is 8.42 Å². The monoisotopic (exact) mass is 317 g/mol. The molecule has 4 nitrogen and oxygen atoms in total. The normalized spacial score (nSPS) is 13.4. The molecule has 0 fully saturated rings. The highest BCUT2D eigenvalue weighted by Gasteiger charge is 2.27. The van der Waals surface area contributed by atoms with Crippen LogP contribution in [0.1, 0.15) is 26.7 Å². The van der Waals surface area contributed by atoms with Crippen LogP contribution >= 0.6 is 12.6 Å². The lowest BCUT2D eigenvalue weighted by molar-refractivity contribution is 0.352. The summed E-state index contributed by atoms with van der Waals surface area (Å²) in [4.78, 5) is 0.294. The number of benzene rings is 1. The maximum Gasteiger partial charge on any atom is 0.243 e. The summed E-state index contributed by atoms with van der Waals surface area (Å²) in [7, 11) is -1.93. The van der Waals surface area contributed by atoms with Crippen molar-refractivity contribution in [1.82, 2.24) is 4.31 Å². The molecule has 0 saturated heterocycles. The summed E-state index contributed by atoms with van der Waals surface area (Å²) in [6.45, 7) is 4.44. The molecule has 0 saturated carbocycles. The fraction of sp³-hybridized carbons (Fsp3) is 0.571. The number of ether oxygens (including phenoxy) is 1. The van der Waals surface area contributed by atoms with Crippen molar-refractivity contribution in [2.75, 3.05) is 19.4 Å². The predicted molar refractivity (Wildman–Crippen MR) is 85.1 cm³/mol. The summed E-state index contributed by atoms with van der Waals surface area (Å²) in [5.74, 6) is 1.14. The SMILES string of the molecule is CCCCN(C(C)CS)S(=O)(=O)c1ccc(OC)cc1. The Bertz CT molecular complexity index is 500. The molecule has 1 aromatic carbocycles. The molecule has 6 heteroatoms. The second kappa shape index (κ2) is 7.90. The van der Waals surface area contributed by atoms with Gasteiger partial charge >= 0.3 is 0 Å². The van der Waals surface area contributed by atoms with Gasteiger partial charge in [-0.05, 0) is 37.6 Å². The van der Waals surface area contributed by atoms with Crippen molar-refractivity contribution in [3.8, 4) is 5.75 Å². The zero-order chi connectivity index (χ0) is 15.2. The molecule has 1 unspecified atom stereocenters. The summed E-state index contributed by atoms with van der Waals surface area (Å²) >= 11 is 4.23. The summed E-state index contributed by atoms with van der Waals surface area (Å²) < 4.78 is 32.0. The Labute approximate surface area is 127 Å². The van der Waals surface area contributed by atoms with Gasteiger partial charge in [0.2, 0.25) is 10.0 Å². The number of unbranched alkanes of at least 4 members (excludes halogenated alkanes) is 1. The van der Waals surface area contributed by atoms with E-state index in [1.165, 1.54) is 4.31 Å². The van der Waals surface area contributed by atoms with Crippen LogP contribution in [0.3, 0.4) is 0 Å². The fourth-order valence-corrected chi connectivity index (χ4v) is 3.84. The fourth-order valence-electron chi connectivity index (χ4n) is 1.87. The first-order valence-electron chi connectivity index (χ1n) is 6.74. The molecule has 0 amide bonds. The Hall–Kier alpha value is -0.720. The van der Waals surface area contributed by atoms with Gasteiger partial charge in [0, 0.05) is 18.3 Å². The second-order valence-electron chi connectivity index (χ2n) is 4.68. The van der Waals surface area contributed by atoms with Gasteiger partial charge in [0.15, 0.2) is 0 Å². The number of hydrogen-bond donors (Lipinski definition) is 1. The van der Waals surface area contributed by atoms with Crippen LogP contribution in [-0.4, -0.2) is 38.2 Å². The first-order valence-corrected chi connectivity index (χ1v) is 8.81. The number of nitrogens with zero attached hydrogens (tertiary/aromatic N) is 1. The number of sulfonamides is 1. The third-order valence-corrected chi connectivity index (χ3v) is 5.71. The molecule has 0 aromatic heterocycles. The summed E-state index contributed by atoms with van der Waals surface area (Å²) in [5, 5.41) is 0. The number of thiol groups is 1. The van der Waals surface area contributed by atoms with Crippen molar-refractivity contribution in [1.29, 1.82) is 0 Å². The average molecular weight is 317 g/mol. The number of methoxy groups -OCH3 is 1. The van der Waals surface area contributed by atoms with E-state index < -0.39 is 10.0 Å². The van der Waals surface area contributed by atoms with E-state index in [0.717, 1.165) is 12.8 Å². The highest BCUT2D eigenvalue weighted by molar-refractivity contribution is 7.89. The van der Waals surface area contributed by atoms with Crippen LogP contribution in [-0.2, 0) is 10.0 Å². The van der Waals surface area contributed by atoms with Crippen LogP contribution in [0, 0.1) is 0 Å². The van der Waals surface area contributed by atoms with Crippen molar-refractivity contribution in [2.45, 2.75) is 37.6 Å². The molecule has 0 aliphatic heterocycles. The van der Waals surface area contributed by atoms with Crippen molar-refractivity contribution in [2.24, 2.45) is 0 Å². The van der Waals surface area contributed by atoms with Gasteiger partial charge in [-0.15, -0.1) is 0 Å². The van der Waals surface area contributed by atoms with Gasteiger partial charge in [0.05, 0.1) is 12.0 Å². The van der Waals surface area contributed by atoms with Crippen molar-refractivity contribution < 1.29 is 13.2 Å². The zero-order valence-corrected chi connectivity index (χ0v) is 14.0. The molecule has 0 heterocycles. The Morgan fingerprint density at radius 2 is 1.90 bits per heavy atom. The Morgan fingerprint density at radius 3 is 2.35 bits per heavy atom. The maximum atomic E-state index is 12.7. The molecular formula is C14H23NO3S2. The van der Waals surface area contributed by atoms with Crippen molar-refractivity contribution >= 4 is 22.7 Å². The molecule has 0 spiro atoms. The van der Waals surface area contributed by atoms with Gasteiger partial charge in [0.25, 0.3) is 0 Å². The van der Waals surface area contributed by atoms with Crippen LogP contribution in [0.4, 0.5) is 0 Å². The number of hydrogen-bond acceptors (Lipinski definition) is 4. The summed E-state index contributed by atoms with van der Waals surface area (Å²) in [5.41, 5.74) is 0. The Kier molecular flexibility index (Phi) is 6.85. The highest BCUT2D eigenvalue weighted by Crippen LogP contribution is 2.22. The molecule has 114 valence electrons. The highest BCUT2D eigenvalue weighted by atomic mass is 32.2. The lowest BCUT2D eigenvalue weighted by Gasteiger charge is -2.27. The molecule has 1 aromatic rings. The molecular weight excluding hydrogens is 294 g/mol. The van der Waals surface area contributed by atoms with Gasteiger partial charge in [0.1, 0.15) is 5.75 Å². The van der Waals surface area contributed by atoms with Crippen LogP contribution in [0.15, 0.2) is 29.2 Å². The third-order valence-electron chi connectivity index (χ3n) is 3.15. The van der Waals surface area contributed by atoms with E-state index in [1.54, 1.807) is 31.4 Å². The first kappa shape index (κ1) is 17.3. The van der Waals surface area contributed by atoms with Crippen LogP contribution in [0.25, 0.3) is 0 Å². The van der Waals surface area contributed by atoms with E-state index in [9.17, 15) is 8.42 Å². The Balaban J connectivity index is 3.07. The summed E-state index contributed by atoms with van der Waals surface area (Å²) in [6, 6.07) is 6.36. The first-order chi connectivity index (χ1) is 9.47. The van der Waals surface area contributed by atoms with Gasteiger partial charge in [-0.2, -0.15) is 16.9 Å². The Morgan fingerprint density at radius 1 is 1.30 bits per heavy atom. The maximum absolute atomic E-state index is 12.7.